The smallest absolute Gasteiger partial charge is 0.307 e. The fourth-order valence-electron chi connectivity index (χ4n) is 2.97. The van der Waals surface area contributed by atoms with Crippen molar-refractivity contribution >= 4 is 5.97 Å². The van der Waals surface area contributed by atoms with Crippen molar-refractivity contribution in [2.75, 3.05) is 7.05 Å². The molecule has 0 aromatic heterocycles. The highest BCUT2D eigenvalue weighted by Crippen LogP contribution is 2.23. The predicted molar refractivity (Wildman–Crippen MR) is 76.1 cm³/mol. The van der Waals surface area contributed by atoms with Crippen molar-refractivity contribution in [3.05, 3.63) is 35.4 Å². The quantitative estimate of drug-likeness (QED) is 0.885. The molecule has 19 heavy (non-hydrogen) atoms. The molecule has 1 fully saturated rings. The molecule has 1 aliphatic carbocycles. The number of nitrogens with zero attached hydrogens (tertiary/aromatic N) is 1. The maximum absolute atomic E-state index is 10.9. The Kier molecular flexibility index (Phi) is 4.97. The van der Waals surface area contributed by atoms with E-state index in [1.54, 1.807) is 0 Å². The first-order chi connectivity index (χ1) is 9.16. The van der Waals surface area contributed by atoms with Gasteiger partial charge in [-0.3, -0.25) is 9.69 Å². The Morgan fingerprint density at radius 1 is 1.21 bits per heavy atom. The van der Waals surface area contributed by atoms with Crippen LogP contribution in [0.25, 0.3) is 0 Å². The molecule has 1 aromatic rings. The molecule has 1 aliphatic rings. The van der Waals surface area contributed by atoms with Crippen LogP contribution in [0.2, 0.25) is 0 Å². The van der Waals surface area contributed by atoms with Gasteiger partial charge in [0, 0.05) is 12.6 Å². The highest BCUT2D eigenvalue weighted by atomic mass is 16.4. The van der Waals surface area contributed by atoms with Crippen molar-refractivity contribution in [3.63, 3.8) is 0 Å². The van der Waals surface area contributed by atoms with Crippen molar-refractivity contribution in [1.29, 1.82) is 0 Å². The lowest BCUT2D eigenvalue weighted by atomic mass is 9.94. The fourth-order valence-corrected chi connectivity index (χ4v) is 2.97. The van der Waals surface area contributed by atoms with Crippen molar-refractivity contribution in [2.24, 2.45) is 0 Å². The fraction of sp³-hybridized carbons (Fsp3) is 0.562. The maximum atomic E-state index is 10.9. The molecule has 0 saturated heterocycles. The van der Waals surface area contributed by atoms with Crippen molar-refractivity contribution in [3.8, 4) is 0 Å². The molecule has 1 aromatic carbocycles. The number of hydrogen-bond donors (Lipinski definition) is 1. The van der Waals surface area contributed by atoms with Crippen LogP contribution < -0.4 is 0 Å². The second kappa shape index (κ2) is 6.71. The van der Waals surface area contributed by atoms with Gasteiger partial charge in [0.25, 0.3) is 0 Å². The predicted octanol–water partition coefficient (Wildman–Crippen LogP) is 3.08. The van der Waals surface area contributed by atoms with E-state index >= 15 is 0 Å². The minimum atomic E-state index is -0.757. The van der Waals surface area contributed by atoms with Crippen LogP contribution in [-0.4, -0.2) is 29.1 Å². The number of aliphatic carboxylic acids is 1. The Morgan fingerprint density at radius 3 is 2.47 bits per heavy atom. The molecule has 0 unspecified atom stereocenters. The van der Waals surface area contributed by atoms with Crippen molar-refractivity contribution in [2.45, 2.75) is 51.1 Å². The van der Waals surface area contributed by atoms with E-state index in [1.165, 1.54) is 32.1 Å². The lowest BCUT2D eigenvalue weighted by Gasteiger charge is -2.31. The topological polar surface area (TPSA) is 40.5 Å². The average molecular weight is 261 g/mol. The van der Waals surface area contributed by atoms with Gasteiger partial charge in [0.2, 0.25) is 0 Å². The van der Waals surface area contributed by atoms with Gasteiger partial charge in [0.15, 0.2) is 0 Å². The minimum absolute atomic E-state index is 0.120. The van der Waals surface area contributed by atoms with E-state index in [2.05, 4.69) is 18.0 Å². The van der Waals surface area contributed by atoms with Gasteiger partial charge in [-0.15, -0.1) is 0 Å². The summed E-state index contributed by atoms with van der Waals surface area (Å²) in [5.74, 6) is -0.757. The molecule has 1 N–H and O–H groups in total. The van der Waals surface area contributed by atoms with Crippen LogP contribution in [0, 0.1) is 0 Å². The average Bonchev–Trinajstić information content (AvgIpc) is 2.41. The van der Waals surface area contributed by atoms with Crippen LogP contribution in [0.5, 0.6) is 0 Å². The third-order valence-corrected chi connectivity index (χ3v) is 4.08. The number of benzene rings is 1. The largest absolute Gasteiger partial charge is 0.481 e. The molecule has 0 radical (unpaired) electrons. The number of hydrogen-bond acceptors (Lipinski definition) is 2. The summed E-state index contributed by atoms with van der Waals surface area (Å²) < 4.78 is 0. The summed E-state index contributed by atoms with van der Waals surface area (Å²) in [7, 11) is 2.16. The first-order valence-electron chi connectivity index (χ1n) is 7.15. The Bertz CT molecular complexity index is 425. The molecular weight excluding hydrogens is 238 g/mol. The van der Waals surface area contributed by atoms with Crippen molar-refractivity contribution < 1.29 is 9.90 Å². The standard InChI is InChI=1S/C16H23NO2/c1-17(15-9-3-2-4-10-15)12-14-8-6-5-7-13(14)11-16(18)19/h5-8,15H,2-4,9-12H2,1H3,(H,18,19). The molecule has 3 heteroatoms. The van der Waals surface area contributed by atoms with E-state index in [9.17, 15) is 4.79 Å². The number of carboxylic acids is 1. The molecule has 0 bridgehead atoms. The highest BCUT2D eigenvalue weighted by Gasteiger charge is 2.18. The second-order valence-corrected chi connectivity index (χ2v) is 5.55. The molecule has 104 valence electrons. The van der Waals surface area contributed by atoms with Gasteiger partial charge in [-0.05, 0) is 31.0 Å². The molecule has 3 nitrogen and oxygen atoms in total. The zero-order chi connectivity index (χ0) is 13.7. The van der Waals surface area contributed by atoms with E-state index in [0.29, 0.717) is 6.04 Å². The van der Waals surface area contributed by atoms with Crippen LogP contribution >= 0.6 is 0 Å². The Hall–Kier alpha value is -1.35. The van der Waals surface area contributed by atoms with Crippen molar-refractivity contribution in [1.82, 2.24) is 4.90 Å². The first-order valence-corrected chi connectivity index (χ1v) is 7.15. The lowest BCUT2D eigenvalue weighted by molar-refractivity contribution is -0.136. The normalized spacial score (nSPS) is 16.7. The maximum Gasteiger partial charge on any atom is 0.307 e. The summed E-state index contributed by atoms with van der Waals surface area (Å²) in [4.78, 5) is 13.3. The number of carboxylic acid groups (broad SMARTS) is 1. The summed E-state index contributed by atoms with van der Waals surface area (Å²) in [5, 5.41) is 8.96. The molecule has 0 heterocycles. The molecule has 2 rings (SSSR count). The monoisotopic (exact) mass is 261 g/mol. The van der Waals surface area contributed by atoms with E-state index in [1.807, 2.05) is 18.2 Å². The second-order valence-electron chi connectivity index (χ2n) is 5.55. The molecular formula is C16H23NO2. The van der Waals surface area contributed by atoms with Gasteiger partial charge < -0.3 is 5.11 Å². The minimum Gasteiger partial charge on any atom is -0.481 e. The van der Waals surface area contributed by atoms with Gasteiger partial charge in [-0.2, -0.15) is 0 Å². The van der Waals surface area contributed by atoms with Crippen LogP contribution in [0.1, 0.15) is 43.2 Å². The zero-order valence-corrected chi connectivity index (χ0v) is 11.6. The Labute approximate surface area is 115 Å². The summed E-state index contributed by atoms with van der Waals surface area (Å²) in [6, 6.07) is 8.56. The Morgan fingerprint density at radius 2 is 1.84 bits per heavy atom. The Balaban J connectivity index is 2.02. The van der Waals surface area contributed by atoms with Crippen LogP contribution in [0.15, 0.2) is 24.3 Å². The molecule has 0 amide bonds. The summed E-state index contributed by atoms with van der Waals surface area (Å²) in [6.45, 7) is 0.855. The molecule has 1 saturated carbocycles. The van der Waals surface area contributed by atoms with Gasteiger partial charge >= 0.3 is 5.97 Å². The molecule has 0 atom stereocenters. The third kappa shape index (κ3) is 4.06. The van der Waals surface area contributed by atoms with Crippen LogP contribution in [0.3, 0.4) is 0 Å². The van der Waals surface area contributed by atoms with E-state index in [-0.39, 0.29) is 6.42 Å². The van der Waals surface area contributed by atoms with E-state index in [0.717, 1.165) is 17.7 Å². The molecule has 0 aliphatic heterocycles. The van der Waals surface area contributed by atoms with Gasteiger partial charge in [-0.1, -0.05) is 43.5 Å². The third-order valence-electron chi connectivity index (χ3n) is 4.08. The summed E-state index contributed by atoms with van der Waals surface area (Å²) in [6.07, 6.45) is 6.68. The highest BCUT2D eigenvalue weighted by molar-refractivity contribution is 5.70. The lowest BCUT2D eigenvalue weighted by Crippen LogP contribution is -2.33. The first kappa shape index (κ1) is 14.1. The van der Waals surface area contributed by atoms with Gasteiger partial charge in [-0.25, -0.2) is 0 Å². The molecule has 0 spiro atoms. The summed E-state index contributed by atoms with van der Waals surface area (Å²) in [5.41, 5.74) is 2.09. The van der Waals surface area contributed by atoms with Gasteiger partial charge in [0.05, 0.1) is 6.42 Å². The SMILES string of the molecule is CN(Cc1ccccc1CC(=O)O)C1CCCCC1. The summed E-state index contributed by atoms with van der Waals surface area (Å²) >= 11 is 0. The van der Waals surface area contributed by atoms with Gasteiger partial charge in [0.1, 0.15) is 0 Å². The van der Waals surface area contributed by atoms with E-state index < -0.39 is 5.97 Å². The number of carbonyl (C=O) groups is 1. The van der Waals surface area contributed by atoms with Crippen LogP contribution in [0.4, 0.5) is 0 Å². The van der Waals surface area contributed by atoms with E-state index in [4.69, 9.17) is 5.11 Å². The van der Waals surface area contributed by atoms with Crippen LogP contribution in [-0.2, 0) is 17.8 Å². The zero-order valence-electron chi connectivity index (χ0n) is 11.6. The number of rotatable bonds is 5.